The summed E-state index contributed by atoms with van der Waals surface area (Å²) in [6.45, 7) is 6.38. The molecule has 1 heterocycles. The molecule has 1 aliphatic carbocycles. The van der Waals surface area contributed by atoms with Gasteiger partial charge in [-0.15, -0.1) is 0 Å². The van der Waals surface area contributed by atoms with E-state index in [-0.39, 0.29) is 11.2 Å². The number of hydrogen-bond donors (Lipinski definition) is 0. The van der Waals surface area contributed by atoms with E-state index in [9.17, 15) is 4.79 Å². The van der Waals surface area contributed by atoms with E-state index < -0.39 is 0 Å². The molecule has 3 heteroatoms. The summed E-state index contributed by atoms with van der Waals surface area (Å²) in [4.78, 5) is 14.4. The molecule has 1 aromatic rings. The molecule has 1 aliphatic heterocycles. The second-order valence-electron chi connectivity index (χ2n) is 7.06. The molecule has 1 spiro atoms. The average Bonchev–Trinajstić information content (AvgIpc) is 2.68. The number of methoxy groups -OCH3 is 1. The van der Waals surface area contributed by atoms with Gasteiger partial charge in [-0.3, -0.25) is 4.79 Å². The van der Waals surface area contributed by atoms with Gasteiger partial charge in [0.1, 0.15) is 5.75 Å². The van der Waals surface area contributed by atoms with E-state index in [2.05, 4.69) is 44.0 Å². The van der Waals surface area contributed by atoms with Gasteiger partial charge in [0.05, 0.1) is 7.11 Å². The number of fused-ring (bicyclic) bond motifs is 2. The topological polar surface area (TPSA) is 29.5 Å². The summed E-state index contributed by atoms with van der Waals surface area (Å²) in [6.07, 6.45) is 6.77. The third-order valence-corrected chi connectivity index (χ3v) is 5.77. The van der Waals surface area contributed by atoms with Crippen LogP contribution >= 0.6 is 0 Å². The number of ketones is 1. The van der Waals surface area contributed by atoms with Crippen molar-refractivity contribution in [2.75, 3.05) is 20.7 Å². The first-order valence-electron chi connectivity index (χ1n) is 8.59. The second kappa shape index (κ2) is 6.12. The zero-order chi connectivity index (χ0) is 16.6. The summed E-state index contributed by atoms with van der Waals surface area (Å²) < 4.78 is 5.60. The second-order valence-corrected chi connectivity index (χ2v) is 7.06. The molecule has 2 aliphatic rings. The van der Waals surface area contributed by atoms with Crippen LogP contribution in [0.2, 0.25) is 0 Å². The van der Waals surface area contributed by atoms with Crippen molar-refractivity contribution in [3.8, 4) is 5.75 Å². The normalized spacial score (nSPS) is 27.8. The number of ether oxygens (including phenoxy) is 1. The minimum absolute atomic E-state index is 0.0403. The van der Waals surface area contributed by atoms with Crippen molar-refractivity contribution in [2.45, 2.75) is 45.1 Å². The lowest BCUT2D eigenvalue weighted by atomic mass is 9.61. The number of hydrogen-bond acceptors (Lipinski definition) is 3. The van der Waals surface area contributed by atoms with Crippen molar-refractivity contribution in [1.29, 1.82) is 0 Å². The maximum Gasteiger partial charge on any atom is 0.155 e. The molecular formula is C20H27NO2. The number of carbonyl (C=O) groups excluding carboxylic acids is 1. The molecule has 0 fully saturated rings. The van der Waals surface area contributed by atoms with Crippen molar-refractivity contribution < 1.29 is 9.53 Å². The van der Waals surface area contributed by atoms with Gasteiger partial charge in [-0.1, -0.05) is 25.5 Å². The van der Waals surface area contributed by atoms with Crippen LogP contribution in [-0.2, 0) is 16.8 Å². The van der Waals surface area contributed by atoms with Crippen molar-refractivity contribution in [1.82, 2.24) is 4.90 Å². The largest absolute Gasteiger partial charge is 0.496 e. The fourth-order valence-corrected chi connectivity index (χ4v) is 4.57. The van der Waals surface area contributed by atoms with E-state index in [0.717, 1.165) is 31.7 Å². The highest BCUT2D eigenvalue weighted by Crippen LogP contribution is 2.49. The van der Waals surface area contributed by atoms with Gasteiger partial charge in [0, 0.05) is 18.4 Å². The summed E-state index contributed by atoms with van der Waals surface area (Å²) in [7, 11) is 3.92. The Morgan fingerprint density at radius 2 is 2.17 bits per heavy atom. The van der Waals surface area contributed by atoms with Gasteiger partial charge < -0.3 is 9.64 Å². The Labute approximate surface area is 139 Å². The monoisotopic (exact) mass is 313 g/mol. The van der Waals surface area contributed by atoms with E-state index in [1.54, 1.807) is 7.11 Å². The first-order chi connectivity index (χ1) is 11.0. The Hall–Kier alpha value is -1.61. The molecule has 0 saturated heterocycles. The van der Waals surface area contributed by atoms with E-state index in [4.69, 9.17) is 4.74 Å². The number of nitrogens with zero attached hydrogens (tertiary/aromatic N) is 1. The lowest BCUT2D eigenvalue weighted by molar-refractivity contribution is -0.116. The fourth-order valence-electron chi connectivity index (χ4n) is 4.57. The maximum absolute atomic E-state index is 12.0. The number of rotatable bonds is 2. The Morgan fingerprint density at radius 3 is 2.87 bits per heavy atom. The van der Waals surface area contributed by atoms with Crippen LogP contribution in [-0.4, -0.2) is 31.4 Å². The Morgan fingerprint density at radius 1 is 1.39 bits per heavy atom. The van der Waals surface area contributed by atoms with Gasteiger partial charge in [0.25, 0.3) is 0 Å². The van der Waals surface area contributed by atoms with Gasteiger partial charge in [-0.2, -0.15) is 0 Å². The van der Waals surface area contributed by atoms with Crippen LogP contribution in [0.25, 0.3) is 0 Å². The molecule has 0 radical (unpaired) electrons. The quantitative estimate of drug-likeness (QED) is 0.835. The summed E-state index contributed by atoms with van der Waals surface area (Å²) in [6, 6.07) is 4.29. The van der Waals surface area contributed by atoms with Crippen LogP contribution in [0.4, 0.5) is 0 Å². The van der Waals surface area contributed by atoms with Crippen LogP contribution in [0.3, 0.4) is 0 Å². The molecule has 0 aromatic heterocycles. The van der Waals surface area contributed by atoms with Crippen molar-refractivity contribution in [2.24, 2.45) is 5.92 Å². The van der Waals surface area contributed by atoms with Crippen LogP contribution < -0.4 is 4.74 Å². The summed E-state index contributed by atoms with van der Waals surface area (Å²) in [5.41, 5.74) is 3.97. The minimum atomic E-state index is -0.0403. The molecule has 0 N–H and O–H groups in total. The highest BCUT2D eigenvalue weighted by molar-refractivity contribution is 5.91. The standard InChI is InChI=1S/C20H27NO2/c1-5-16-12-17(22)8-9-20(16)10-11-21(3)13-15-6-7-18(23-4)14(2)19(15)20/h6-9,16H,5,10-13H2,1-4H3/t16-,20-/m0/s1. The molecule has 0 unspecified atom stereocenters. The molecule has 3 nitrogen and oxygen atoms in total. The zero-order valence-electron chi connectivity index (χ0n) is 14.7. The fraction of sp³-hybridized carbons (Fsp3) is 0.550. The smallest absolute Gasteiger partial charge is 0.155 e. The van der Waals surface area contributed by atoms with Gasteiger partial charge in [-0.05, 0) is 61.7 Å². The summed E-state index contributed by atoms with van der Waals surface area (Å²) >= 11 is 0. The van der Waals surface area contributed by atoms with Gasteiger partial charge in [0.2, 0.25) is 0 Å². The molecule has 1 aromatic carbocycles. The maximum atomic E-state index is 12.0. The summed E-state index contributed by atoms with van der Waals surface area (Å²) in [5, 5.41) is 0. The van der Waals surface area contributed by atoms with Crippen molar-refractivity contribution in [3.05, 3.63) is 41.0 Å². The molecule has 23 heavy (non-hydrogen) atoms. The van der Waals surface area contributed by atoms with E-state index in [0.29, 0.717) is 12.3 Å². The highest BCUT2D eigenvalue weighted by Gasteiger charge is 2.44. The van der Waals surface area contributed by atoms with Crippen LogP contribution in [0, 0.1) is 12.8 Å². The highest BCUT2D eigenvalue weighted by atomic mass is 16.5. The Balaban J connectivity index is 2.26. The lowest BCUT2D eigenvalue weighted by Crippen LogP contribution is -2.39. The number of benzene rings is 1. The van der Waals surface area contributed by atoms with E-state index in [1.807, 2.05) is 6.08 Å². The molecular weight excluding hydrogens is 286 g/mol. The first kappa shape index (κ1) is 16.3. The van der Waals surface area contributed by atoms with Crippen molar-refractivity contribution in [3.63, 3.8) is 0 Å². The predicted molar refractivity (Wildman–Crippen MR) is 92.9 cm³/mol. The van der Waals surface area contributed by atoms with Gasteiger partial charge in [0.15, 0.2) is 5.78 Å². The van der Waals surface area contributed by atoms with Crippen molar-refractivity contribution >= 4 is 5.78 Å². The zero-order valence-corrected chi connectivity index (χ0v) is 14.7. The molecule has 0 saturated carbocycles. The van der Waals surface area contributed by atoms with Crippen LogP contribution in [0.15, 0.2) is 24.3 Å². The Kier molecular flexibility index (Phi) is 4.33. The van der Waals surface area contributed by atoms with E-state index in [1.165, 1.54) is 16.7 Å². The third-order valence-electron chi connectivity index (χ3n) is 5.77. The first-order valence-corrected chi connectivity index (χ1v) is 8.59. The van der Waals surface area contributed by atoms with E-state index >= 15 is 0 Å². The number of carbonyl (C=O) groups is 1. The molecule has 124 valence electrons. The number of allylic oxidation sites excluding steroid dienone is 2. The van der Waals surface area contributed by atoms with Crippen LogP contribution in [0.1, 0.15) is 42.9 Å². The third kappa shape index (κ3) is 2.61. The summed E-state index contributed by atoms with van der Waals surface area (Å²) in [5.74, 6) is 1.59. The molecule has 2 atom stereocenters. The minimum Gasteiger partial charge on any atom is -0.496 e. The average molecular weight is 313 g/mol. The SMILES string of the molecule is CC[C@H]1CC(=O)C=C[C@]12CCN(C)Cc1ccc(OC)c(C)c12. The van der Waals surface area contributed by atoms with Gasteiger partial charge >= 0.3 is 0 Å². The molecule has 0 amide bonds. The molecule has 3 rings (SSSR count). The van der Waals surface area contributed by atoms with Crippen LogP contribution in [0.5, 0.6) is 5.75 Å². The lowest BCUT2D eigenvalue weighted by Gasteiger charge is -2.42. The predicted octanol–water partition coefficient (Wildman–Crippen LogP) is 3.63. The van der Waals surface area contributed by atoms with Gasteiger partial charge in [-0.25, -0.2) is 0 Å². The molecule has 0 bridgehead atoms. The Bertz CT molecular complexity index is 649.